The summed E-state index contributed by atoms with van der Waals surface area (Å²) in [4.78, 5) is 0. The summed E-state index contributed by atoms with van der Waals surface area (Å²) in [6.07, 6.45) is 1.06. The molecule has 21 heavy (non-hydrogen) atoms. The van der Waals surface area contributed by atoms with E-state index >= 15 is 0 Å². The first-order valence-electron chi connectivity index (χ1n) is 6.98. The summed E-state index contributed by atoms with van der Waals surface area (Å²) in [6, 6.07) is 12.2. The number of rotatable bonds is 5. The molecule has 0 aliphatic carbocycles. The highest BCUT2D eigenvalue weighted by molar-refractivity contribution is 9.10. The smallest absolute Gasteiger partial charge is 0.0643 e. The van der Waals surface area contributed by atoms with Gasteiger partial charge in [-0.15, -0.1) is 0 Å². The number of nitrogens with one attached hydrogen (secondary N) is 1. The van der Waals surface area contributed by atoms with Crippen molar-refractivity contribution in [3.63, 3.8) is 0 Å². The number of benzene rings is 2. The van der Waals surface area contributed by atoms with Crippen LogP contribution in [0.4, 0.5) is 0 Å². The van der Waals surface area contributed by atoms with Crippen molar-refractivity contribution in [3.05, 3.63) is 67.6 Å². The minimum absolute atomic E-state index is 0.0444. The molecular weight excluding hydrogens is 369 g/mol. The summed E-state index contributed by atoms with van der Waals surface area (Å²) in [7, 11) is 0. The Labute approximate surface area is 144 Å². The lowest BCUT2D eigenvalue weighted by molar-refractivity contribution is 0.598. The summed E-state index contributed by atoms with van der Waals surface area (Å²) in [6.45, 7) is 5.16. The van der Waals surface area contributed by atoms with Gasteiger partial charge in [0, 0.05) is 4.47 Å². The maximum absolute atomic E-state index is 6.41. The molecule has 0 radical (unpaired) electrons. The number of halogens is 3. The van der Waals surface area contributed by atoms with E-state index in [2.05, 4.69) is 53.3 Å². The Hall–Kier alpha value is -0.540. The molecule has 0 saturated heterocycles. The molecule has 0 aromatic heterocycles. The summed E-state index contributed by atoms with van der Waals surface area (Å²) in [5.41, 5.74) is 3.40. The fourth-order valence-electron chi connectivity index (χ4n) is 2.29. The zero-order chi connectivity index (χ0) is 15.4. The summed E-state index contributed by atoms with van der Waals surface area (Å²) >= 11 is 16.1. The number of hydrogen-bond donors (Lipinski definition) is 1. The molecule has 0 aliphatic rings. The molecule has 0 spiro atoms. The van der Waals surface area contributed by atoms with Crippen LogP contribution in [0.2, 0.25) is 10.0 Å². The minimum Gasteiger partial charge on any atom is -0.306 e. The fraction of sp³-hybridized carbons (Fsp3) is 0.294. The first kappa shape index (κ1) is 16.8. The first-order chi connectivity index (χ1) is 10.0. The van der Waals surface area contributed by atoms with Gasteiger partial charge < -0.3 is 5.32 Å². The summed E-state index contributed by atoms with van der Waals surface area (Å²) in [5.74, 6) is 0. The van der Waals surface area contributed by atoms with Crippen LogP contribution < -0.4 is 5.32 Å². The van der Waals surface area contributed by atoms with Crippen LogP contribution in [0.5, 0.6) is 0 Å². The molecule has 0 saturated carbocycles. The average molecular weight is 387 g/mol. The Morgan fingerprint density at radius 1 is 1.19 bits per heavy atom. The molecule has 0 aliphatic heterocycles. The molecular formula is C17H18BrCl2N. The van der Waals surface area contributed by atoms with E-state index in [0.29, 0.717) is 10.0 Å². The van der Waals surface area contributed by atoms with E-state index in [9.17, 15) is 0 Å². The van der Waals surface area contributed by atoms with Crippen LogP contribution >= 0.6 is 39.1 Å². The topological polar surface area (TPSA) is 12.0 Å². The van der Waals surface area contributed by atoms with Crippen molar-refractivity contribution in [2.24, 2.45) is 0 Å². The molecule has 0 amide bonds. The molecule has 112 valence electrons. The van der Waals surface area contributed by atoms with E-state index in [1.54, 1.807) is 0 Å². The Morgan fingerprint density at radius 3 is 2.62 bits per heavy atom. The Kier molecular flexibility index (Phi) is 6.12. The quantitative estimate of drug-likeness (QED) is 0.649. The van der Waals surface area contributed by atoms with E-state index in [4.69, 9.17) is 23.2 Å². The van der Waals surface area contributed by atoms with E-state index in [-0.39, 0.29) is 6.04 Å². The predicted molar refractivity (Wildman–Crippen MR) is 95.5 cm³/mol. The van der Waals surface area contributed by atoms with Gasteiger partial charge in [0.1, 0.15) is 0 Å². The van der Waals surface area contributed by atoms with Gasteiger partial charge in [-0.2, -0.15) is 0 Å². The molecule has 1 N–H and O–H groups in total. The van der Waals surface area contributed by atoms with Crippen LogP contribution in [0.15, 0.2) is 40.9 Å². The van der Waals surface area contributed by atoms with Gasteiger partial charge in [0.25, 0.3) is 0 Å². The highest BCUT2D eigenvalue weighted by Gasteiger charge is 2.18. The highest BCUT2D eigenvalue weighted by Crippen LogP contribution is 2.34. The zero-order valence-corrected chi connectivity index (χ0v) is 15.2. The van der Waals surface area contributed by atoms with Crippen LogP contribution in [0.3, 0.4) is 0 Å². The molecule has 2 rings (SSSR count). The predicted octanol–water partition coefficient (Wildman–Crippen LogP) is 6.15. The molecule has 0 heterocycles. The first-order valence-corrected chi connectivity index (χ1v) is 8.52. The molecule has 1 unspecified atom stereocenters. The molecule has 1 nitrogen and oxygen atoms in total. The van der Waals surface area contributed by atoms with Crippen molar-refractivity contribution in [3.8, 4) is 0 Å². The Bertz CT molecular complexity index is 628. The fourth-order valence-corrected chi connectivity index (χ4v) is 2.95. The third-order valence-electron chi connectivity index (χ3n) is 3.41. The van der Waals surface area contributed by atoms with Gasteiger partial charge in [-0.3, -0.25) is 0 Å². The number of hydrogen-bond acceptors (Lipinski definition) is 1. The van der Waals surface area contributed by atoms with Crippen molar-refractivity contribution in [1.82, 2.24) is 5.32 Å². The van der Waals surface area contributed by atoms with Gasteiger partial charge in [0.15, 0.2) is 0 Å². The lowest BCUT2D eigenvalue weighted by Crippen LogP contribution is -2.23. The molecule has 0 fully saturated rings. The normalized spacial score (nSPS) is 12.4. The second kappa shape index (κ2) is 7.64. The van der Waals surface area contributed by atoms with Gasteiger partial charge in [0.05, 0.1) is 16.1 Å². The minimum atomic E-state index is 0.0444. The lowest BCUT2D eigenvalue weighted by Gasteiger charge is -2.22. The molecule has 0 bridgehead atoms. The largest absolute Gasteiger partial charge is 0.306 e. The summed E-state index contributed by atoms with van der Waals surface area (Å²) < 4.78 is 1.11. The van der Waals surface area contributed by atoms with Crippen LogP contribution in [0.1, 0.15) is 36.1 Å². The second-order valence-electron chi connectivity index (χ2n) is 5.04. The van der Waals surface area contributed by atoms with Gasteiger partial charge in [-0.25, -0.2) is 0 Å². The van der Waals surface area contributed by atoms with Crippen molar-refractivity contribution in [2.45, 2.75) is 26.3 Å². The SMILES string of the molecule is CCCNC(c1ccc(Br)c(C)c1)c1cccc(Cl)c1Cl. The van der Waals surface area contributed by atoms with Gasteiger partial charge in [0.2, 0.25) is 0 Å². The van der Waals surface area contributed by atoms with E-state index in [1.807, 2.05) is 18.2 Å². The van der Waals surface area contributed by atoms with E-state index in [0.717, 1.165) is 23.0 Å². The van der Waals surface area contributed by atoms with Crippen molar-refractivity contribution >= 4 is 39.1 Å². The van der Waals surface area contributed by atoms with Gasteiger partial charge in [-0.05, 0) is 48.7 Å². The molecule has 2 aromatic carbocycles. The Balaban J connectivity index is 2.47. The summed E-state index contributed by atoms with van der Waals surface area (Å²) in [5, 5.41) is 4.77. The standard InChI is InChI=1S/C17H18BrCl2N/c1-3-9-21-17(12-7-8-14(18)11(2)10-12)13-5-4-6-15(19)16(13)20/h4-8,10,17,21H,3,9H2,1-2H3. The lowest BCUT2D eigenvalue weighted by atomic mass is 9.97. The van der Waals surface area contributed by atoms with E-state index in [1.165, 1.54) is 11.1 Å². The van der Waals surface area contributed by atoms with Crippen LogP contribution in [0, 0.1) is 6.92 Å². The highest BCUT2D eigenvalue weighted by atomic mass is 79.9. The Morgan fingerprint density at radius 2 is 1.95 bits per heavy atom. The van der Waals surface area contributed by atoms with Crippen molar-refractivity contribution in [1.29, 1.82) is 0 Å². The van der Waals surface area contributed by atoms with E-state index < -0.39 is 0 Å². The number of aryl methyl sites for hydroxylation is 1. The van der Waals surface area contributed by atoms with Gasteiger partial charge in [-0.1, -0.05) is 70.3 Å². The third-order valence-corrected chi connectivity index (χ3v) is 5.13. The maximum atomic E-state index is 6.41. The molecule has 1 atom stereocenters. The van der Waals surface area contributed by atoms with Gasteiger partial charge >= 0.3 is 0 Å². The van der Waals surface area contributed by atoms with Crippen molar-refractivity contribution in [2.75, 3.05) is 6.54 Å². The molecule has 4 heteroatoms. The van der Waals surface area contributed by atoms with Crippen LogP contribution in [0.25, 0.3) is 0 Å². The zero-order valence-electron chi connectivity index (χ0n) is 12.1. The van der Waals surface area contributed by atoms with Crippen LogP contribution in [-0.2, 0) is 0 Å². The average Bonchev–Trinajstić information content (AvgIpc) is 2.47. The van der Waals surface area contributed by atoms with Crippen molar-refractivity contribution < 1.29 is 0 Å². The molecule has 2 aromatic rings. The monoisotopic (exact) mass is 385 g/mol. The third kappa shape index (κ3) is 4.01. The second-order valence-corrected chi connectivity index (χ2v) is 6.68. The maximum Gasteiger partial charge on any atom is 0.0643 e. The van der Waals surface area contributed by atoms with Crippen LogP contribution in [-0.4, -0.2) is 6.54 Å².